The van der Waals surface area contributed by atoms with Gasteiger partial charge in [-0.15, -0.1) is 0 Å². The van der Waals surface area contributed by atoms with E-state index in [4.69, 9.17) is 14.2 Å². The largest absolute Gasteiger partial charge is 0.493 e. The number of urea groups is 1. The summed E-state index contributed by atoms with van der Waals surface area (Å²) in [6.45, 7) is 4.48. The number of carbonyl (C=O) groups excluding carboxylic acids is 3. The molecule has 9 heteroatoms. The van der Waals surface area contributed by atoms with Gasteiger partial charge in [-0.1, -0.05) is 35.4 Å². The van der Waals surface area contributed by atoms with Gasteiger partial charge >= 0.3 is 6.03 Å². The number of aryl methyl sites for hydroxylation is 2. The molecule has 1 aliphatic heterocycles. The molecule has 0 spiro atoms. The van der Waals surface area contributed by atoms with E-state index in [9.17, 15) is 14.4 Å². The van der Waals surface area contributed by atoms with Crippen LogP contribution < -0.4 is 24.4 Å². The Kier molecular flexibility index (Phi) is 7.93. The molecule has 0 aliphatic carbocycles. The number of nitrogens with zero attached hydrogens (tertiary/aromatic N) is 1. The van der Waals surface area contributed by atoms with Crippen LogP contribution in [0, 0.1) is 13.8 Å². The number of ether oxygens (including phenoxy) is 3. The van der Waals surface area contributed by atoms with Gasteiger partial charge in [0.2, 0.25) is 0 Å². The molecule has 0 radical (unpaired) electrons. The van der Waals surface area contributed by atoms with Gasteiger partial charge in [0.15, 0.2) is 11.5 Å². The van der Waals surface area contributed by atoms with Gasteiger partial charge < -0.3 is 14.2 Å². The Hall–Kier alpha value is -4.11. The van der Waals surface area contributed by atoms with E-state index in [0.29, 0.717) is 33.8 Å². The Labute approximate surface area is 223 Å². The van der Waals surface area contributed by atoms with Crippen LogP contribution in [-0.4, -0.2) is 38.2 Å². The van der Waals surface area contributed by atoms with E-state index < -0.39 is 17.8 Å². The van der Waals surface area contributed by atoms with Crippen molar-refractivity contribution >= 4 is 45.5 Å². The highest BCUT2D eigenvalue weighted by molar-refractivity contribution is 9.10. The van der Waals surface area contributed by atoms with Crippen LogP contribution in [0.4, 0.5) is 10.5 Å². The number of anilines is 1. The molecule has 3 aromatic carbocycles. The van der Waals surface area contributed by atoms with Crippen molar-refractivity contribution in [1.82, 2.24) is 5.32 Å². The van der Waals surface area contributed by atoms with E-state index >= 15 is 0 Å². The van der Waals surface area contributed by atoms with Crippen LogP contribution in [0.3, 0.4) is 0 Å². The van der Waals surface area contributed by atoms with Crippen LogP contribution in [0.25, 0.3) is 6.08 Å². The quantitative estimate of drug-likeness (QED) is 0.229. The number of benzene rings is 3. The van der Waals surface area contributed by atoms with Crippen molar-refractivity contribution in [2.75, 3.05) is 25.2 Å². The molecule has 0 bridgehead atoms. The molecule has 0 aromatic heterocycles. The third-order valence-corrected chi connectivity index (χ3v) is 6.17. The van der Waals surface area contributed by atoms with Gasteiger partial charge in [0.25, 0.3) is 11.8 Å². The fraction of sp³-hybridized carbons (Fsp3) is 0.179. The highest BCUT2D eigenvalue weighted by atomic mass is 79.9. The zero-order chi connectivity index (χ0) is 26.5. The topological polar surface area (TPSA) is 94.2 Å². The highest BCUT2D eigenvalue weighted by Crippen LogP contribution is 2.37. The number of hydrogen-bond donors (Lipinski definition) is 1. The predicted octanol–water partition coefficient (Wildman–Crippen LogP) is 5.20. The van der Waals surface area contributed by atoms with Crippen molar-refractivity contribution in [2.24, 2.45) is 0 Å². The molecule has 3 aromatic rings. The number of barbiturate groups is 1. The van der Waals surface area contributed by atoms with Gasteiger partial charge in [-0.05, 0) is 77.8 Å². The molecule has 1 heterocycles. The number of halogens is 1. The summed E-state index contributed by atoms with van der Waals surface area (Å²) in [5.41, 5.74) is 2.80. The third kappa shape index (κ3) is 6.00. The molecule has 4 rings (SSSR count). The van der Waals surface area contributed by atoms with E-state index in [0.717, 1.165) is 21.8 Å². The molecule has 8 nitrogen and oxygen atoms in total. The van der Waals surface area contributed by atoms with Gasteiger partial charge in [0.05, 0.1) is 17.3 Å². The lowest BCUT2D eigenvalue weighted by molar-refractivity contribution is -0.122. The molecule has 1 fully saturated rings. The smallest absolute Gasteiger partial charge is 0.335 e. The van der Waals surface area contributed by atoms with E-state index in [1.165, 1.54) is 13.2 Å². The maximum Gasteiger partial charge on any atom is 0.335 e. The fourth-order valence-electron chi connectivity index (χ4n) is 3.65. The Morgan fingerprint density at radius 1 is 0.892 bits per heavy atom. The minimum absolute atomic E-state index is 0.186. The van der Waals surface area contributed by atoms with E-state index in [2.05, 4.69) is 21.2 Å². The summed E-state index contributed by atoms with van der Waals surface area (Å²) < 4.78 is 17.6. The Morgan fingerprint density at radius 3 is 2.16 bits per heavy atom. The molecule has 0 atom stereocenters. The van der Waals surface area contributed by atoms with Crippen molar-refractivity contribution in [3.05, 3.63) is 87.4 Å². The second kappa shape index (κ2) is 11.3. The summed E-state index contributed by atoms with van der Waals surface area (Å²) in [4.78, 5) is 39.0. The van der Waals surface area contributed by atoms with Crippen molar-refractivity contribution in [3.63, 3.8) is 0 Å². The summed E-state index contributed by atoms with van der Waals surface area (Å²) in [5.74, 6) is 0.0961. The van der Waals surface area contributed by atoms with E-state index in [1.807, 2.05) is 38.1 Å². The van der Waals surface area contributed by atoms with Gasteiger partial charge in [0, 0.05) is 0 Å². The number of rotatable bonds is 8. The number of imide groups is 2. The number of amides is 4. The average Bonchev–Trinajstić information content (AvgIpc) is 2.87. The molecular formula is C28H25BrN2O6. The highest BCUT2D eigenvalue weighted by Gasteiger charge is 2.36. The predicted molar refractivity (Wildman–Crippen MR) is 143 cm³/mol. The second-order valence-electron chi connectivity index (χ2n) is 8.34. The summed E-state index contributed by atoms with van der Waals surface area (Å²) in [6.07, 6.45) is 1.41. The summed E-state index contributed by atoms with van der Waals surface area (Å²) in [5, 5.41) is 2.23. The first-order valence-electron chi connectivity index (χ1n) is 11.4. The minimum atomic E-state index is -0.800. The normalized spacial score (nSPS) is 14.5. The maximum atomic E-state index is 13.1. The lowest BCUT2D eigenvalue weighted by Gasteiger charge is -2.26. The maximum absolute atomic E-state index is 13.1. The Balaban J connectivity index is 1.52. The minimum Gasteiger partial charge on any atom is -0.493 e. The molecule has 190 valence electrons. The summed E-state index contributed by atoms with van der Waals surface area (Å²) in [7, 11) is 1.49. The molecule has 4 amide bonds. The van der Waals surface area contributed by atoms with Gasteiger partial charge in [-0.2, -0.15) is 0 Å². The monoisotopic (exact) mass is 564 g/mol. The van der Waals surface area contributed by atoms with Crippen LogP contribution >= 0.6 is 15.9 Å². The van der Waals surface area contributed by atoms with Crippen molar-refractivity contribution < 1.29 is 28.6 Å². The number of methoxy groups -OCH3 is 1. The van der Waals surface area contributed by atoms with E-state index in [1.54, 1.807) is 36.4 Å². The van der Waals surface area contributed by atoms with Gasteiger partial charge in [0.1, 0.15) is 24.5 Å². The molecule has 0 saturated carbocycles. The third-order valence-electron chi connectivity index (χ3n) is 5.58. The van der Waals surface area contributed by atoms with E-state index in [-0.39, 0.29) is 12.2 Å². The zero-order valence-corrected chi connectivity index (χ0v) is 22.1. The molecule has 0 unspecified atom stereocenters. The molecule has 37 heavy (non-hydrogen) atoms. The average molecular weight is 565 g/mol. The first-order valence-corrected chi connectivity index (χ1v) is 12.2. The van der Waals surface area contributed by atoms with Crippen molar-refractivity contribution in [1.29, 1.82) is 0 Å². The lowest BCUT2D eigenvalue weighted by atomic mass is 10.1. The number of carbonyl (C=O) groups is 3. The second-order valence-corrected chi connectivity index (χ2v) is 9.19. The van der Waals surface area contributed by atoms with Gasteiger partial charge in [-0.25, -0.2) is 9.69 Å². The first kappa shape index (κ1) is 26.0. The molecule has 1 saturated heterocycles. The van der Waals surface area contributed by atoms with Crippen molar-refractivity contribution in [3.8, 4) is 17.2 Å². The summed E-state index contributed by atoms with van der Waals surface area (Å²) >= 11 is 3.48. The van der Waals surface area contributed by atoms with Crippen LogP contribution in [0.2, 0.25) is 0 Å². The van der Waals surface area contributed by atoms with Crippen LogP contribution in [0.1, 0.15) is 16.7 Å². The number of hydrogen-bond acceptors (Lipinski definition) is 6. The standard InChI is InChI=1S/C28H25BrN2O6/c1-17-4-8-20(9-5-17)31-27(33)22(26(32)30-28(31)34)14-19-15-23(29)25(24(16-19)35-3)37-13-12-36-21-10-6-18(2)7-11-21/h4-11,14-16H,12-13H2,1-3H3,(H,30,32,34)/b22-14+. The summed E-state index contributed by atoms with van der Waals surface area (Å²) in [6, 6.07) is 17.1. The van der Waals surface area contributed by atoms with Gasteiger partial charge in [-0.3, -0.25) is 14.9 Å². The van der Waals surface area contributed by atoms with Crippen LogP contribution in [-0.2, 0) is 9.59 Å². The SMILES string of the molecule is COc1cc(/C=C2\C(=O)NC(=O)N(c3ccc(C)cc3)C2=O)cc(Br)c1OCCOc1ccc(C)cc1. The Bertz CT molecular complexity index is 1370. The fourth-order valence-corrected chi connectivity index (χ4v) is 4.23. The van der Waals surface area contributed by atoms with Crippen molar-refractivity contribution in [2.45, 2.75) is 13.8 Å². The molecular weight excluding hydrogens is 540 g/mol. The first-order chi connectivity index (χ1) is 17.8. The molecule has 1 aliphatic rings. The zero-order valence-electron chi connectivity index (χ0n) is 20.5. The lowest BCUT2D eigenvalue weighted by Crippen LogP contribution is -2.54. The molecule has 1 N–H and O–H groups in total. The Morgan fingerprint density at radius 2 is 1.51 bits per heavy atom. The van der Waals surface area contributed by atoms with Crippen LogP contribution in [0.15, 0.2) is 70.7 Å². The number of nitrogens with one attached hydrogen (secondary N) is 1. The van der Waals surface area contributed by atoms with Crippen LogP contribution in [0.5, 0.6) is 17.2 Å².